The Morgan fingerprint density at radius 1 is 0.979 bits per heavy atom. The average Bonchev–Trinajstić information content (AvgIpc) is 3.74. The van der Waals surface area contributed by atoms with Crippen molar-refractivity contribution in [2.24, 2.45) is 5.92 Å². The predicted octanol–water partition coefficient (Wildman–Crippen LogP) is 5.40. The number of morpholine rings is 1. The summed E-state index contributed by atoms with van der Waals surface area (Å²) < 4.78 is 46.5. The molecule has 3 N–H and O–H groups in total. The van der Waals surface area contributed by atoms with Gasteiger partial charge in [-0.3, -0.25) is 18.9 Å². The zero-order valence-electron chi connectivity index (χ0n) is 25.7. The van der Waals surface area contributed by atoms with Crippen molar-refractivity contribution in [2.45, 2.75) is 68.8 Å². The number of nitrogens with zero attached hydrogens (tertiary/aromatic N) is 2. The molecule has 252 valence electrons. The molecule has 0 spiro atoms. The number of halogens is 2. The third-order valence-electron chi connectivity index (χ3n) is 9.50. The van der Waals surface area contributed by atoms with Gasteiger partial charge in [-0.15, -0.1) is 11.3 Å². The molecule has 0 radical (unpaired) electrons. The summed E-state index contributed by atoms with van der Waals surface area (Å²) in [7, 11) is -5.76. The molecule has 10 nitrogen and oxygen atoms in total. The van der Waals surface area contributed by atoms with E-state index in [1.807, 2.05) is 30.3 Å². The van der Waals surface area contributed by atoms with E-state index in [1.165, 1.54) is 12.1 Å². The number of likely N-dealkylation sites (tertiary alicyclic amines) is 1. The van der Waals surface area contributed by atoms with Crippen LogP contribution in [0.4, 0.5) is 8.78 Å². The highest BCUT2D eigenvalue weighted by Crippen LogP contribution is 2.59. The van der Waals surface area contributed by atoms with Crippen LogP contribution in [0.15, 0.2) is 54.6 Å². The van der Waals surface area contributed by atoms with Crippen molar-refractivity contribution in [3.63, 3.8) is 0 Å². The van der Waals surface area contributed by atoms with Crippen LogP contribution in [0.1, 0.15) is 71.8 Å². The lowest BCUT2D eigenvalue weighted by atomic mass is 9.83. The number of nitrogens with one attached hydrogen (secondary N) is 1. The van der Waals surface area contributed by atoms with Crippen LogP contribution < -0.4 is 5.32 Å². The largest absolute Gasteiger partial charge is 0.399 e. The molecule has 3 heterocycles. The van der Waals surface area contributed by atoms with Crippen molar-refractivity contribution in [1.82, 2.24) is 15.1 Å². The number of benzene rings is 2. The average molecular weight is 690 g/mol. The van der Waals surface area contributed by atoms with Crippen molar-refractivity contribution >= 4 is 46.7 Å². The van der Waals surface area contributed by atoms with Crippen molar-refractivity contribution < 1.29 is 42.3 Å². The fourth-order valence-corrected chi connectivity index (χ4v) is 8.39. The first-order valence-electron chi connectivity index (χ1n) is 16.0. The molecule has 3 atom stereocenters. The molecule has 3 aromatic rings. The first kappa shape index (κ1) is 33.7. The number of hydrogen-bond acceptors (Lipinski definition) is 6. The third-order valence-corrected chi connectivity index (χ3v) is 11.6. The Morgan fingerprint density at radius 2 is 1.72 bits per heavy atom. The summed E-state index contributed by atoms with van der Waals surface area (Å²) in [5.74, 6) is -1.08. The number of hydrogen-bond donors (Lipinski definition) is 3. The maximum absolute atomic E-state index is 14.4. The second-order valence-electron chi connectivity index (χ2n) is 12.5. The van der Waals surface area contributed by atoms with Crippen LogP contribution in [0.5, 0.6) is 0 Å². The van der Waals surface area contributed by atoms with Crippen LogP contribution >= 0.6 is 18.9 Å². The molecule has 3 fully saturated rings. The topological polar surface area (TPSA) is 136 Å². The summed E-state index contributed by atoms with van der Waals surface area (Å²) in [4.78, 5) is 63.7. The van der Waals surface area contributed by atoms with Gasteiger partial charge < -0.3 is 29.6 Å². The SMILES string of the molecule is O=C(N[C@H](C(=O)N1CCC[C@H]1C(=O)N1CCO[C@H](c2ccccc2)C1)C1CCCCC1)c1cc2cc(C(F)(F)P(=O)(O)O)ccc2s1. The minimum absolute atomic E-state index is 0.120. The van der Waals surface area contributed by atoms with E-state index in [0.29, 0.717) is 43.8 Å². The normalized spacial score (nSPS) is 22.0. The Bertz CT molecular complexity index is 1680. The maximum Gasteiger partial charge on any atom is 0.399 e. The van der Waals surface area contributed by atoms with E-state index in [4.69, 9.17) is 14.5 Å². The van der Waals surface area contributed by atoms with Gasteiger partial charge in [0.25, 0.3) is 5.91 Å². The Balaban J connectivity index is 1.20. The van der Waals surface area contributed by atoms with Crippen LogP contribution in [0.3, 0.4) is 0 Å². The molecule has 14 heteroatoms. The maximum atomic E-state index is 14.4. The molecule has 0 unspecified atom stereocenters. The van der Waals surface area contributed by atoms with Gasteiger partial charge in [0.1, 0.15) is 18.2 Å². The van der Waals surface area contributed by atoms with Gasteiger partial charge in [0.15, 0.2) is 0 Å². The number of amides is 3. The molecule has 1 aromatic heterocycles. The molecule has 3 amide bonds. The van der Waals surface area contributed by atoms with Gasteiger partial charge in [-0.2, -0.15) is 8.78 Å². The van der Waals surface area contributed by atoms with Gasteiger partial charge in [0.05, 0.1) is 18.0 Å². The van der Waals surface area contributed by atoms with E-state index >= 15 is 0 Å². The van der Waals surface area contributed by atoms with E-state index in [-0.39, 0.29) is 34.1 Å². The van der Waals surface area contributed by atoms with Crippen LogP contribution in [0.2, 0.25) is 0 Å². The zero-order valence-corrected chi connectivity index (χ0v) is 27.4. The molecule has 2 saturated heterocycles. The monoisotopic (exact) mass is 689 g/mol. The summed E-state index contributed by atoms with van der Waals surface area (Å²) >= 11 is 1.04. The Labute approximate surface area is 275 Å². The fraction of sp³-hybridized carbons (Fsp3) is 0.485. The lowest BCUT2D eigenvalue weighted by Gasteiger charge is -2.38. The van der Waals surface area contributed by atoms with Crippen molar-refractivity contribution in [2.75, 3.05) is 26.2 Å². The molecule has 1 saturated carbocycles. The second kappa shape index (κ2) is 13.7. The number of rotatable bonds is 8. The van der Waals surface area contributed by atoms with Crippen LogP contribution in [-0.2, 0) is 24.6 Å². The number of carbonyl (C=O) groups is 3. The van der Waals surface area contributed by atoms with Gasteiger partial charge in [-0.25, -0.2) is 0 Å². The quantitative estimate of drug-likeness (QED) is 0.270. The van der Waals surface area contributed by atoms with Gasteiger partial charge in [-0.1, -0.05) is 55.7 Å². The van der Waals surface area contributed by atoms with Crippen LogP contribution in [0.25, 0.3) is 10.1 Å². The standard InChI is InChI=1S/C33H38F2N3O7PS/c34-33(35,46(42,43)44)24-13-14-27-23(18-24)19-28(47-27)30(39)36-29(22-10-5-2-6-11-22)32(41)38-15-7-12-25(38)31(40)37-16-17-45-26(20-37)21-8-3-1-4-9-21/h1,3-4,8-9,13-14,18-19,22,25-26,29H,2,5-7,10-12,15-17,20H2,(H,36,39)(H2,42,43,44)/t25-,26-,29-/m0/s1. The Hall–Kier alpha value is -3.22. The number of alkyl halides is 2. The summed E-state index contributed by atoms with van der Waals surface area (Å²) in [6.45, 7) is 1.61. The van der Waals surface area contributed by atoms with E-state index in [2.05, 4.69) is 5.32 Å². The van der Waals surface area contributed by atoms with Crippen molar-refractivity contribution in [3.05, 3.63) is 70.6 Å². The van der Waals surface area contributed by atoms with Gasteiger partial charge in [-0.05, 0) is 60.7 Å². The van der Waals surface area contributed by atoms with E-state index < -0.39 is 36.8 Å². The number of thiophene rings is 1. The predicted molar refractivity (Wildman–Crippen MR) is 172 cm³/mol. The minimum atomic E-state index is -5.76. The molecular formula is C33H38F2N3O7PS. The lowest BCUT2D eigenvalue weighted by molar-refractivity contribution is -0.150. The smallest absolute Gasteiger partial charge is 0.370 e. The molecule has 3 aliphatic rings. The molecule has 6 rings (SSSR count). The van der Waals surface area contributed by atoms with Gasteiger partial charge in [0.2, 0.25) is 11.8 Å². The Kier molecular flexibility index (Phi) is 9.83. The van der Waals surface area contributed by atoms with E-state index in [0.717, 1.165) is 61.1 Å². The summed E-state index contributed by atoms with van der Waals surface area (Å²) in [5, 5.41) is 3.17. The lowest BCUT2D eigenvalue weighted by Crippen LogP contribution is -2.57. The molecule has 2 aliphatic heterocycles. The van der Waals surface area contributed by atoms with Crippen LogP contribution in [-0.4, -0.2) is 75.6 Å². The van der Waals surface area contributed by atoms with Gasteiger partial charge >= 0.3 is 13.3 Å². The number of ether oxygens (including phenoxy) is 1. The highest BCUT2D eigenvalue weighted by Gasteiger charge is 2.50. The summed E-state index contributed by atoms with van der Waals surface area (Å²) in [5.41, 5.74) is -4.24. The first-order valence-corrected chi connectivity index (χ1v) is 18.4. The first-order chi connectivity index (χ1) is 22.4. The summed E-state index contributed by atoms with van der Waals surface area (Å²) in [6, 6.07) is 12.8. The molecule has 47 heavy (non-hydrogen) atoms. The minimum Gasteiger partial charge on any atom is -0.370 e. The summed E-state index contributed by atoms with van der Waals surface area (Å²) in [6.07, 6.45) is 5.31. The molecule has 2 aromatic carbocycles. The molecule has 0 bridgehead atoms. The van der Waals surface area contributed by atoms with Gasteiger partial charge in [0, 0.05) is 23.4 Å². The van der Waals surface area contributed by atoms with Crippen molar-refractivity contribution in [1.29, 1.82) is 0 Å². The van der Waals surface area contributed by atoms with E-state index in [1.54, 1.807) is 9.80 Å². The third kappa shape index (κ3) is 7.00. The number of carbonyl (C=O) groups excluding carboxylic acids is 3. The highest BCUT2D eigenvalue weighted by molar-refractivity contribution is 7.52. The molecular weight excluding hydrogens is 651 g/mol. The Morgan fingerprint density at radius 3 is 2.45 bits per heavy atom. The highest BCUT2D eigenvalue weighted by atomic mass is 32.1. The number of fused-ring (bicyclic) bond motifs is 1. The van der Waals surface area contributed by atoms with Crippen molar-refractivity contribution in [3.8, 4) is 0 Å². The zero-order chi connectivity index (χ0) is 33.3. The van der Waals surface area contributed by atoms with Crippen LogP contribution in [0, 0.1) is 5.92 Å². The molecule has 1 aliphatic carbocycles. The second-order valence-corrected chi connectivity index (χ2v) is 15.3. The fourth-order valence-electron chi connectivity index (χ4n) is 6.97. The van der Waals surface area contributed by atoms with E-state index in [9.17, 15) is 27.7 Å².